The Bertz CT molecular complexity index is 1060. The molecule has 0 aromatic heterocycles. The van der Waals surface area contributed by atoms with Crippen LogP contribution in [0.2, 0.25) is 0 Å². The van der Waals surface area contributed by atoms with Crippen LogP contribution in [0.3, 0.4) is 0 Å². The molecule has 0 bridgehead atoms. The van der Waals surface area contributed by atoms with Gasteiger partial charge in [-0.3, -0.25) is 14.9 Å². The number of carbonyl (C=O) groups excluding carboxylic acids is 1. The summed E-state index contributed by atoms with van der Waals surface area (Å²) in [4.78, 5) is 25.8. The number of hydrogen-bond acceptors (Lipinski definition) is 6. The van der Waals surface area contributed by atoms with Gasteiger partial charge >= 0.3 is 0 Å². The Morgan fingerprint density at radius 3 is 2.29 bits per heavy atom. The van der Waals surface area contributed by atoms with Gasteiger partial charge in [0.05, 0.1) is 18.1 Å². The SMILES string of the molecule is COCCN(CCOC)c1ccc(C(=O)Nc2ccc3ccccc3c2)cc1[N+](=O)[O-]. The molecule has 0 unspecified atom stereocenters. The first-order valence-electron chi connectivity index (χ1n) is 9.85. The number of carbonyl (C=O) groups is 1. The molecule has 0 saturated heterocycles. The highest BCUT2D eigenvalue weighted by Crippen LogP contribution is 2.30. The molecule has 3 rings (SSSR count). The van der Waals surface area contributed by atoms with Gasteiger partial charge in [0, 0.05) is 44.6 Å². The second-order valence-corrected chi connectivity index (χ2v) is 6.95. The summed E-state index contributed by atoms with van der Waals surface area (Å²) in [7, 11) is 3.15. The van der Waals surface area contributed by atoms with Crippen LogP contribution in [0.5, 0.6) is 0 Å². The first-order valence-corrected chi connectivity index (χ1v) is 9.85. The van der Waals surface area contributed by atoms with E-state index in [9.17, 15) is 14.9 Å². The molecule has 1 N–H and O–H groups in total. The van der Waals surface area contributed by atoms with Crippen LogP contribution in [0.25, 0.3) is 10.8 Å². The van der Waals surface area contributed by atoms with Crippen LogP contribution in [0.15, 0.2) is 60.7 Å². The van der Waals surface area contributed by atoms with Gasteiger partial charge in [0.1, 0.15) is 5.69 Å². The lowest BCUT2D eigenvalue weighted by atomic mass is 10.1. The fourth-order valence-corrected chi connectivity index (χ4v) is 3.30. The Labute approximate surface area is 180 Å². The van der Waals surface area contributed by atoms with Crippen molar-refractivity contribution in [3.05, 3.63) is 76.3 Å². The van der Waals surface area contributed by atoms with Crippen LogP contribution < -0.4 is 10.2 Å². The van der Waals surface area contributed by atoms with E-state index in [0.29, 0.717) is 37.7 Å². The van der Waals surface area contributed by atoms with Crippen molar-refractivity contribution in [2.24, 2.45) is 0 Å². The fraction of sp³-hybridized carbons (Fsp3) is 0.261. The van der Waals surface area contributed by atoms with Crippen LogP contribution in [-0.2, 0) is 9.47 Å². The Morgan fingerprint density at radius 2 is 1.65 bits per heavy atom. The second-order valence-electron chi connectivity index (χ2n) is 6.95. The molecule has 8 nitrogen and oxygen atoms in total. The number of rotatable bonds is 10. The molecule has 0 radical (unpaired) electrons. The predicted molar refractivity (Wildman–Crippen MR) is 121 cm³/mol. The molecule has 8 heteroatoms. The van der Waals surface area contributed by atoms with Gasteiger partial charge in [-0.25, -0.2) is 0 Å². The van der Waals surface area contributed by atoms with Crippen molar-refractivity contribution < 1.29 is 19.2 Å². The predicted octanol–water partition coefficient (Wildman–Crippen LogP) is 4.10. The number of ether oxygens (including phenoxy) is 2. The molecule has 0 saturated carbocycles. The first kappa shape index (κ1) is 22.2. The Kier molecular flexibility index (Phi) is 7.53. The molecule has 0 aliphatic rings. The van der Waals surface area contributed by atoms with E-state index in [2.05, 4.69) is 5.32 Å². The van der Waals surface area contributed by atoms with Gasteiger partial charge in [-0.15, -0.1) is 0 Å². The smallest absolute Gasteiger partial charge is 0.293 e. The minimum Gasteiger partial charge on any atom is -0.383 e. The number of hydrogen-bond donors (Lipinski definition) is 1. The van der Waals surface area contributed by atoms with Crippen LogP contribution in [0.1, 0.15) is 10.4 Å². The van der Waals surface area contributed by atoms with E-state index >= 15 is 0 Å². The summed E-state index contributed by atoms with van der Waals surface area (Å²) in [5.41, 5.74) is 1.11. The topological polar surface area (TPSA) is 93.9 Å². The van der Waals surface area contributed by atoms with Crippen molar-refractivity contribution >= 4 is 33.7 Å². The van der Waals surface area contributed by atoms with Crippen LogP contribution >= 0.6 is 0 Å². The summed E-state index contributed by atoms with van der Waals surface area (Å²) in [5.74, 6) is -0.412. The van der Waals surface area contributed by atoms with Crippen molar-refractivity contribution in [3.63, 3.8) is 0 Å². The van der Waals surface area contributed by atoms with Crippen molar-refractivity contribution in [2.45, 2.75) is 0 Å². The lowest BCUT2D eigenvalue weighted by molar-refractivity contribution is -0.384. The number of nitrogens with zero attached hydrogens (tertiary/aromatic N) is 2. The maximum absolute atomic E-state index is 12.8. The summed E-state index contributed by atoms with van der Waals surface area (Å²) in [6.45, 7) is 1.74. The average Bonchev–Trinajstić information content (AvgIpc) is 2.78. The maximum Gasteiger partial charge on any atom is 0.293 e. The zero-order valence-corrected chi connectivity index (χ0v) is 17.5. The second kappa shape index (κ2) is 10.5. The number of fused-ring (bicyclic) bond motifs is 1. The molecule has 3 aromatic rings. The molecular formula is C23H25N3O5. The number of amides is 1. The number of benzene rings is 3. The molecule has 1 amide bonds. The van der Waals surface area contributed by atoms with Crippen LogP contribution in [0.4, 0.5) is 17.1 Å². The summed E-state index contributed by atoms with van der Waals surface area (Å²) in [6, 6.07) is 17.9. The van der Waals surface area contributed by atoms with E-state index in [1.165, 1.54) is 6.07 Å². The number of anilines is 2. The fourth-order valence-electron chi connectivity index (χ4n) is 3.30. The summed E-state index contributed by atoms with van der Waals surface area (Å²) in [5, 5.41) is 16.6. The Hall–Kier alpha value is -3.49. The Balaban J connectivity index is 1.85. The van der Waals surface area contributed by atoms with Crippen LogP contribution in [-0.4, -0.2) is 51.4 Å². The standard InChI is InChI=1S/C23H25N3O5/c1-30-13-11-25(12-14-31-2)21-10-8-19(16-22(21)26(28)29)23(27)24-20-9-7-17-5-3-4-6-18(17)15-20/h3-10,15-16H,11-14H2,1-2H3,(H,24,27). The largest absolute Gasteiger partial charge is 0.383 e. The van der Waals surface area contributed by atoms with Gasteiger partial charge < -0.3 is 19.7 Å². The number of methoxy groups -OCH3 is 2. The van der Waals surface area contributed by atoms with Crippen LogP contribution in [0, 0.1) is 10.1 Å². The minimum absolute atomic E-state index is 0.140. The zero-order valence-electron chi connectivity index (χ0n) is 17.5. The number of nitro benzene ring substituents is 1. The van der Waals surface area contributed by atoms with Gasteiger partial charge in [0.2, 0.25) is 0 Å². The van der Waals surface area contributed by atoms with Crippen molar-refractivity contribution in [1.29, 1.82) is 0 Å². The van der Waals surface area contributed by atoms with E-state index < -0.39 is 10.8 Å². The van der Waals surface area contributed by atoms with E-state index in [4.69, 9.17) is 9.47 Å². The lowest BCUT2D eigenvalue weighted by Gasteiger charge is -2.24. The molecule has 3 aromatic carbocycles. The van der Waals surface area contributed by atoms with E-state index in [1.807, 2.05) is 41.3 Å². The molecule has 0 aliphatic carbocycles. The van der Waals surface area contributed by atoms with Gasteiger partial charge in [0.25, 0.3) is 11.6 Å². The quantitative estimate of drug-likeness (QED) is 0.390. The molecular weight excluding hydrogens is 398 g/mol. The average molecular weight is 423 g/mol. The summed E-state index contributed by atoms with van der Waals surface area (Å²) in [6.07, 6.45) is 0. The van der Waals surface area contributed by atoms with Gasteiger partial charge in [-0.1, -0.05) is 30.3 Å². The third-order valence-corrected chi connectivity index (χ3v) is 4.91. The maximum atomic E-state index is 12.8. The monoisotopic (exact) mass is 423 g/mol. The zero-order chi connectivity index (χ0) is 22.2. The molecule has 0 atom stereocenters. The number of nitrogens with one attached hydrogen (secondary N) is 1. The molecule has 0 aliphatic heterocycles. The molecule has 0 heterocycles. The van der Waals surface area contributed by atoms with Crippen molar-refractivity contribution in [1.82, 2.24) is 0 Å². The molecule has 0 fully saturated rings. The highest BCUT2D eigenvalue weighted by atomic mass is 16.6. The van der Waals surface area contributed by atoms with E-state index in [-0.39, 0.29) is 11.3 Å². The van der Waals surface area contributed by atoms with Crippen molar-refractivity contribution in [2.75, 3.05) is 50.7 Å². The van der Waals surface area contributed by atoms with E-state index in [0.717, 1.165) is 10.8 Å². The molecule has 162 valence electrons. The minimum atomic E-state index is -0.477. The molecule has 31 heavy (non-hydrogen) atoms. The van der Waals surface area contributed by atoms with Gasteiger partial charge in [-0.05, 0) is 35.0 Å². The summed E-state index contributed by atoms with van der Waals surface area (Å²) >= 11 is 0. The third kappa shape index (κ3) is 5.56. The third-order valence-electron chi connectivity index (χ3n) is 4.91. The van der Waals surface area contributed by atoms with E-state index in [1.54, 1.807) is 32.4 Å². The Morgan fingerprint density at radius 1 is 0.968 bits per heavy atom. The lowest BCUT2D eigenvalue weighted by Crippen LogP contribution is -2.31. The first-order chi connectivity index (χ1) is 15.0. The highest BCUT2D eigenvalue weighted by molar-refractivity contribution is 6.06. The number of nitro groups is 1. The normalized spacial score (nSPS) is 10.8. The van der Waals surface area contributed by atoms with Gasteiger partial charge in [-0.2, -0.15) is 0 Å². The van der Waals surface area contributed by atoms with Crippen molar-refractivity contribution in [3.8, 4) is 0 Å². The molecule has 0 spiro atoms. The highest BCUT2D eigenvalue weighted by Gasteiger charge is 2.22. The summed E-state index contributed by atoms with van der Waals surface area (Å²) < 4.78 is 10.2. The van der Waals surface area contributed by atoms with Gasteiger partial charge in [0.15, 0.2) is 0 Å².